The van der Waals surface area contributed by atoms with Crippen molar-refractivity contribution in [3.8, 4) is 0 Å². The molecule has 0 heterocycles. The average Bonchev–Trinajstić information content (AvgIpc) is 3.68. The van der Waals surface area contributed by atoms with Crippen LogP contribution in [-0.2, 0) is 0 Å². The van der Waals surface area contributed by atoms with Gasteiger partial charge in [-0.2, -0.15) is 0 Å². The summed E-state index contributed by atoms with van der Waals surface area (Å²) >= 11 is 0. The van der Waals surface area contributed by atoms with Crippen molar-refractivity contribution in [3.63, 3.8) is 0 Å². The van der Waals surface area contributed by atoms with Gasteiger partial charge < -0.3 is 0 Å². The molecule has 4 aliphatic carbocycles. The zero-order valence-corrected chi connectivity index (χ0v) is 25.9. The van der Waals surface area contributed by atoms with Gasteiger partial charge in [-0.1, -0.05) is 151 Å². The largest absolute Gasteiger partial charge is 0.0683 e. The Morgan fingerprint density at radius 3 is 1.09 bits per heavy atom. The summed E-state index contributed by atoms with van der Waals surface area (Å²) in [5.74, 6) is 7.43. The van der Waals surface area contributed by atoms with E-state index < -0.39 is 0 Å². The summed E-state index contributed by atoms with van der Waals surface area (Å²) in [5.41, 5.74) is 0. The monoisotopic (exact) mass is 491 g/mol. The number of rotatable bonds is 2. The van der Waals surface area contributed by atoms with E-state index >= 15 is 0 Å². The molecule has 0 N–H and O–H groups in total. The molecule has 3 unspecified atom stereocenters. The molecule has 0 spiro atoms. The van der Waals surface area contributed by atoms with Crippen LogP contribution in [0.1, 0.15) is 183 Å². The van der Waals surface area contributed by atoms with Crippen LogP contribution in [0.5, 0.6) is 0 Å². The lowest BCUT2D eigenvalue weighted by molar-refractivity contribution is 0.211. The van der Waals surface area contributed by atoms with Crippen molar-refractivity contribution in [3.05, 3.63) is 0 Å². The molecule has 0 amide bonds. The Morgan fingerprint density at radius 1 is 0.286 bits per heavy atom. The first-order valence-corrected chi connectivity index (χ1v) is 17.1. The highest BCUT2D eigenvalue weighted by molar-refractivity contribution is 4.85. The van der Waals surface area contributed by atoms with Crippen LogP contribution in [0.3, 0.4) is 0 Å². The van der Waals surface area contributed by atoms with E-state index in [1.165, 1.54) is 83.5 Å². The molecule has 210 valence electrons. The van der Waals surface area contributed by atoms with Gasteiger partial charge in [-0.25, -0.2) is 0 Å². The summed E-state index contributed by atoms with van der Waals surface area (Å²) < 4.78 is 0. The summed E-state index contributed by atoms with van der Waals surface area (Å²) in [4.78, 5) is 0. The molecule has 0 aromatic heterocycles. The van der Waals surface area contributed by atoms with E-state index in [4.69, 9.17) is 0 Å². The third-order valence-corrected chi connectivity index (χ3v) is 9.78. The standard InChI is InChI=1S/C22H40.C9H18.2C2H6/c1-17-6-3-9-19(10-4-7-17)20-11-5-8-18(2)16-22(15-14-20)21-12-13-21;1-9-7-5-3-2-4-6-8-9;2*1-2/h17-22H,3-16H2,1-2H3;9H,2-8H2,1H3;2*1-2H3. The Balaban J connectivity index is 0.000000394. The first-order valence-electron chi connectivity index (χ1n) is 17.1. The van der Waals surface area contributed by atoms with Crippen LogP contribution >= 0.6 is 0 Å². The molecule has 0 heteroatoms. The smallest absolute Gasteiger partial charge is 0.0383 e. The molecule has 4 saturated carbocycles. The lowest BCUT2D eigenvalue weighted by atomic mass is 9.75. The van der Waals surface area contributed by atoms with Crippen molar-refractivity contribution in [1.82, 2.24) is 0 Å². The summed E-state index contributed by atoms with van der Waals surface area (Å²) in [5, 5.41) is 0. The van der Waals surface area contributed by atoms with E-state index in [9.17, 15) is 0 Å². The first kappa shape index (κ1) is 33.0. The van der Waals surface area contributed by atoms with Crippen LogP contribution in [0.2, 0.25) is 0 Å². The summed E-state index contributed by atoms with van der Waals surface area (Å²) in [6, 6.07) is 0. The highest BCUT2D eigenvalue weighted by Crippen LogP contribution is 2.45. The zero-order chi connectivity index (χ0) is 25.9. The number of hydrogen-bond donors (Lipinski definition) is 0. The third kappa shape index (κ3) is 15.1. The summed E-state index contributed by atoms with van der Waals surface area (Å²) in [6.07, 6.45) is 32.0. The maximum Gasteiger partial charge on any atom is -0.0383 e. The van der Waals surface area contributed by atoms with Crippen LogP contribution in [0.4, 0.5) is 0 Å². The Labute approximate surface area is 224 Å². The number of hydrogen-bond acceptors (Lipinski definition) is 0. The van der Waals surface area contributed by atoms with E-state index in [1.54, 1.807) is 51.4 Å². The van der Waals surface area contributed by atoms with Crippen LogP contribution in [-0.4, -0.2) is 0 Å². The van der Waals surface area contributed by atoms with Gasteiger partial charge in [0.2, 0.25) is 0 Å². The maximum absolute atomic E-state index is 2.53. The SMILES string of the molecule is CC.CC.CC1CCCC(C2CCCC(C)CC(C3CC3)CC2)CCC1.CC1CCCCCCC1. The molecule has 0 saturated heterocycles. The van der Waals surface area contributed by atoms with E-state index in [1.807, 2.05) is 27.7 Å². The molecule has 0 aromatic rings. The lowest BCUT2D eigenvalue weighted by Crippen LogP contribution is -2.19. The molecule has 4 rings (SSSR count). The van der Waals surface area contributed by atoms with Crippen LogP contribution in [0.25, 0.3) is 0 Å². The van der Waals surface area contributed by atoms with Gasteiger partial charge in [-0.15, -0.1) is 0 Å². The fraction of sp³-hybridized carbons (Fsp3) is 1.00. The van der Waals surface area contributed by atoms with Crippen molar-refractivity contribution < 1.29 is 0 Å². The molecule has 0 nitrogen and oxygen atoms in total. The van der Waals surface area contributed by atoms with Crippen molar-refractivity contribution in [1.29, 1.82) is 0 Å². The van der Waals surface area contributed by atoms with E-state index in [0.29, 0.717) is 0 Å². The molecule has 0 aliphatic heterocycles. The van der Waals surface area contributed by atoms with Crippen molar-refractivity contribution in [2.45, 2.75) is 183 Å². The second kappa shape index (κ2) is 21.0. The summed E-state index contributed by atoms with van der Waals surface area (Å²) in [7, 11) is 0. The van der Waals surface area contributed by atoms with Crippen LogP contribution < -0.4 is 0 Å². The molecule has 4 aliphatic rings. The predicted molar refractivity (Wildman–Crippen MR) is 161 cm³/mol. The average molecular weight is 491 g/mol. The molecule has 0 radical (unpaired) electrons. The van der Waals surface area contributed by atoms with Crippen molar-refractivity contribution >= 4 is 0 Å². The van der Waals surface area contributed by atoms with Gasteiger partial charge >= 0.3 is 0 Å². The second-order valence-electron chi connectivity index (χ2n) is 12.9. The molecule has 4 fully saturated rings. The second-order valence-corrected chi connectivity index (χ2v) is 12.9. The Morgan fingerprint density at radius 2 is 0.600 bits per heavy atom. The molecule has 35 heavy (non-hydrogen) atoms. The van der Waals surface area contributed by atoms with Gasteiger partial charge in [0.25, 0.3) is 0 Å². The predicted octanol–water partition coefficient (Wildman–Crippen LogP) is 12.6. The Bertz CT molecular complexity index is 431. The Kier molecular flexibility index (Phi) is 19.8. The fourth-order valence-electron chi connectivity index (χ4n) is 7.40. The van der Waals surface area contributed by atoms with Crippen LogP contribution in [0, 0.1) is 41.4 Å². The molecular weight excluding hydrogens is 420 g/mol. The van der Waals surface area contributed by atoms with Gasteiger partial charge in [-0.05, 0) is 73.5 Å². The van der Waals surface area contributed by atoms with Gasteiger partial charge in [0.15, 0.2) is 0 Å². The molecule has 0 aromatic carbocycles. The first-order chi connectivity index (χ1) is 17.1. The molecular formula is C35H70. The highest BCUT2D eigenvalue weighted by atomic mass is 14.4. The quantitative estimate of drug-likeness (QED) is 0.361. The molecule has 3 atom stereocenters. The van der Waals surface area contributed by atoms with Gasteiger partial charge in [-0.3, -0.25) is 0 Å². The fourth-order valence-corrected chi connectivity index (χ4v) is 7.40. The van der Waals surface area contributed by atoms with Crippen LogP contribution in [0.15, 0.2) is 0 Å². The minimum atomic E-state index is 1.00. The van der Waals surface area contributed by atoms with Crippen molar-refractivity contribution in [2.75, 3.05) is 0 Å². The lowest BCUT2D eigenvalue weighted by Gasteiger charge is -2.30. The third-order valence-electron chi connectivity index (χ3n) is 9.78. The van der Waals surface area contributed by atoms with E-state index in [-0.39, 0.29) is 0 Å². The summed E-state index contributed by atoms with van der Waals surface area (Å²) in [6.45, 7) is 15.4. The zero-order valence-electron chi connectivity index (χ0n) is 25.9. The van der Waals surface area contributed by atoms with Gasteiger partial charge in [0.1, 0.15) is 0 Å². The topological polar surface area (TPSA) is 0 Å². The minimum absolute atomic E-state index is 1.00. The minimum Gasteiger partial charge on any atom is -0.0683 e. The molecule has 0 bridgehead atoms. The normalized spacial score (nSPS) is 33.5. The Hall–Kier alpha value is 0. The maximum atomic E-state index is 2.53. The van der Waals surface area contributed by atoms with E-state index in [2.05, 4.69) is 20.8 Å². The highest BCUT2D eigenvalue weighted by Gasteiger charge is 2.34. The van der Waals surface area contributed by atoms with Gasteiger partial charge in [0, 0.05) is 0 Å². The van der Waals surface area contributed by atoms with Gasteiger partial charge in [0.05, 0.1) is 0 Å². The van der Waals surface area contributed by atoms with Crippen molar-refractivity contribution in [2.24, 2.45) is 41.4 Å². The van der Waals surface area contributed by atoms with E-state index in [0.717, 1.165) is 41.4 Å².